The molecule has 2 aliphatic heterocycles. The van der Waals surface area contributed by atoms with Gasteiger partial charge >= 0.3 is 5.97 Å². The van der Waals surface area contributed by atoms with Crippen LogP contribution in [0, 0.1) is 10.1 Å². The van der Waals surface area contributed by atoms with E-state index in [0.717, 1.165) is 31.5 Å². The van der Waals surface area contributed by atoms with Gasteiger partial charge in [0.05, 0.1) is 11.5 Å². The molecule has 0 amide bonds. The van der Waals surface area contributed by atoms with Crippen molar-refractivity contribution in [3.05, 3.63) is 51.2 Å². The fraction of sp³-hybridized carbons (Fsp3) is 0.444. The van der Waals surface area contributed by atoms with Gasteiger partial charge in [-0.15, -0.1) is 0 Å². The van der Waals surface area contributed by atoms with Gasteiger partial charge in [-0.3, -0.25) is 14.9 Å². The maximum Gasteiger partial charge on any atom is 0.343 e. The fourth-order valence-electron chi connectivity index (χ4n) is 3.66. The van der Waals surface area contributed by atoms with Crippen molar-refractivity contribution >= 4 is 17.4 Å². The Labute approximate surface area is 145 Å². The first-order chi connectivity index (χ1) is 12.0. The second-order valence-corrected chi connectivity index (χ2v) is 6.21. The number of Topliss-reactive ketones (excluding diaryl/α,β-unsaturated/α-hetero) is 1. The van der Waals surface area contributed by atoms with Crippen LogP contribution in [-0.4, -0.2) is 40.8 Å². The number of allylic oxidation sites excluding steroid dienone is 1. The Hall–Kier alpha value is -2.70. The van der Waals surface area contributed by atoms with Crippen molar-refractivity contribution in [1.29, 1.82) is 0 Å². The number of carbonyl (C=O) groups is 2. The molecule has 0 N–H and O–H groups in total. The lowest BCUT2D eigenvalue weighted by Crippen LogP contribution is -2.27. The van der Waals surface area contributed by atoms with E-state index in [-0.39, 0.29) is 23.4 Å². The molecular formula is C18H20N2O5. The molecule has 0 aliphatic carbocycles. The summed E-state index contributed by atoms with van der Waals surface area (Å²) >= 11 is 0. The van der Waals surface area contributed by atoms with Crippen LogP contribution in [0.25, 0.3) is 0 Å². The zero-order chi connectivity index (χ0) is 18.0. The number of benzene rings is 1. The van der Waals surface area contributed by atoms with Gasteiger partial charge in [0.15, 0.2) is 0 Å². The predicted molar refractivity (Wildman–Crippen MR) is 90.0 cm³/mol. The first-order valence-corrected chi connectivity index (χ1v) is 8.49. The summed E-state index contributed by atoms with van der Waals surface area (Å²) in [5, 5.41) is 11.0. The second-order valence-electron chi connectivity index (χ2n) is 6.21. The lowest BCUT2D eigenvalue weighted by atomic mass is 9.99. The molecule has 1 aromatic carbocycles. The van der Waals surface area contributed by atoms with Gasteiger partial charge in [-0.1, -0.05) is 12.1 Å². The highest BCUT2D eigenvalue weighted by molar-refractivity contribution is 6.24. The average molecular weight is 344 g/mol. The molecular weight excluding hydrogens is 324 g/mol. The van der Waals surface area contributed by atoms with Crippen LogP contribution in [0.2, 0.25) is 0 Å². The van der Waals surface area contributed by atoms with Gasteiger partial charge in [0.2, 0.25) is 5.78 Å². The molecule has 2 heterocycles. The van der Waals surface area contributed by atoms with Crippen LogP contribution < -0.4 is 0 Å². The lowest BCUT2D eigenvalue weighted by Gasteiger charge is -2.21. The SMILES string of the molecule is CCOC(=O)/C(C(=O)c1cccc([N+](=O)[O-])c1)=C1\CC[C@@H]2CCCN12. The number of hydrogen-bond donors (Lipinski definition) is 0. The lowest BCUT2D eigenvalue weighted by molar-refractivity contribution is -0.384. The number of nitro groups is 1. The Morgan fingerprint density at radius 3 is 2.88 bits per heavy atom. The summed E-state index contributed by atoms with van der Waals surface area (Å²) in [5.74, 6) is -1.16. The molecule has 7 heteroatoms. The van der Waals surface area contributed by atoms with Crippen molar-refractivity contribution < 1.29 is 19.2 Å². The molecule has 132 valence electrons. The number of carbonyl (C=O) groups excluding carboxylic acids is 2. The van der Waals surface area contributed by atoms with Crippen molar-refractivity contribution in [2.24, 2.45) is 0 Å². The van der Waals surface area contributed by atoms with Gasteiger partial charge < -0.3 is 9.64 Å². The molecule has 0 bridgehead atoms. The standard InChI is InChI=1S/C18H20N2O5/c1-2-25-18(22)16(15-9-8-13-7-4-10-19(13)15)17(21)12-5-3-6-14(11-12)20(23)24/h3,5-6,11,13H,2,4,7-10H2,1H3/b16-15+/t13-/m0/s1. The van der Waals surface area contributed by atoms with Crippen LogP contribution in [0.3, 0.4) is 0 Å². The number of fused-ring (bicyclic) bond motifs is 1. The smallest absolute Gasteiger partial charge is 0.343 e. The van der Waals surface area contributed by atoms with Crippen LogP contribution in [0.5, 0.6) is 0 Å². The van der Waals surface area contributed by atoms with Gasteiger partial charge in [0, 0.05) is 36.0 Å². The highest BCUT2D eigenvalue weighted by Crippen LogP contribution is 2.37. The monoisotopic (exact) mass is 344 g/mol. The number of rotatable bonds is 5. The normalized spacial score (nSPS) is 21.0. The molecule has 1 aromatic rings. The molecule has 0 spiro atoms. The summed E-state index contributed by atoms with van der Waals surface area (Å²) in [7, 11) is 0. The largest absolute Gasteiger partial charge is 0.462 e. The third-order valence-electron chi connectivity index (χ3n) is 4.75. The van der Waals surface area contributed by atoms with Gasteiger partial charge in [0.1, 0.15) is 5.57 Å². The number of nitrogens with zero attached hydrogens (tertiary/aromatic N) is 2. The first kappa shape index (κ1) is 17.1. The summed E-state index contributed by atoms with van der Waals surface area (Å²) in [6.45, 7) is 2.68. The van der Waals surface area contributed by atoms with Crippen LogP contribution in [0.15, 0.2) is 35.5 Å². The molecule has 7 nitrogen and oxygen atoms in total. The van der Waals surface area contributed by atoms with Crippen LogP contribution in [-0.2, 0) is 9.53 Å². The fourth-order valence-corrected chi connectivity index (χ4v) is 3.66. The van der Waals surface area contributed by atoms with E-state index >= 15 is 0 Å². The molecule has 0 aromatic heterocycles. The zero-order valence-electron chi connectivity index (χ0n) is 14.1. The number of ether oxygens (including phenoxy) is 1. The maximum atomic E-state index is 13.0. The van der Waals surface area contributed by atoms with Crippen molar-refractivity contribution in [1.82, 2.24) is 4.90 Å². The van der Waals surface area contributed by atoms with Gasteiger partial charge in [-0.05, 0) is 32.6 Å². The van der Waals surface area contributed by atoms with Gasteiger partial charge in [-0.2, -0.15) is 0 Å². The summed E-state index contributed by atoms with van der Waals surface area (Å²) in [6.07, 6.45) is 3.67. The van der Waals surface area contributed by atoms with Crippen molar-refractivity contribution in [3.63, 3.8) is 0 Å². The Bertz CT molecular complexity index is 756. The molecule has 0 unspecified atom stereocenters. The third-order valence-corrected chi connectivity index (χ3v) is 4.75. The van der Waals surface area contributed by atoms with E-state index in [4.69, 9.17) is 4.74 Å². The second kappa shape index (κ2) is 7.04. The highest BCUT2D eigenvalue weighted by atomic mass is 16.6. The Morgan fingerprint density at radius 2 is 2.16 bits per heavy atom. The summed E-state index contributed by atoms with van der Waals surface area (Å²) in [6, 6.07) is 5.84. The third kappa shape index (κ3) is 3.26. The number of esters is 1. The van der Waals surface area contributed by atoms with E-state index in [9.17, 15) is 19.7 Å². The molecule has 0 radical (unpaired) electrons. The van der Waals surface area contributed by atoms with Crippen LogP contribution in [0.1, 0.15) is 43.0 Å². The molecule has 1 atom stereocenters. The highest BCUT2D eigenvalue weighted by Gasteiger charge is 2.37. The summed E-state index contributed by atoms with van der Waals surface area (Å²) in [4.78, 5) is 38.0. The molecule has 2 saturated heterocycles. The molecule has 3 rings (SSSR count). The quantitative estimate of drug-likeness (QED) is 0.155. The first-order valence-electron chi connectivity index (χ1n) is 8.49. The maximum absolute atomic E-state index is 13.0. The molecule has 2 aliphatic rings. The number of nitro benzene ring substituents is 1. The summed E-state index contributed by atoms with van der Waals surface area (Å²) < 4.78 is 5.11. The Balaban J connectivity index is 2.03. The number of non-ortho nitro benzene ring substituents is 1. The van der Waals surface area contributed by atoms with Crippen LogP contribution >= 0.6 is 0 Å². The molecule has 0 saturated carbocycles. The van der Waals surface area contributed by atoms with Crippen LogP contribution in [0.4, 0.5) is 5.69 Å². The minimum atomic E-state index is -0.651. The van der Waals surface area contributed by atoms with Crippen molar-refractivity contribution in [3.8, 4) is 0 Å². The van der Waals surface area contributed by atoms with E-state index in [0.29, 0.717) is 12.5 Å². The Kier molecular flexibility index (Phi) is 4.83. The predicted octanol–water partition coefficient (Wildman–Crippen LogP) is 2.85. The van der Waals surface area contributed by atoms with Gasteiger partial charge in [0.25, 0.3) is 5.69 Å². The van der Waals surface area contributed by atoms with E-state index in [1.165, 1.54) is 24.3 Å². The van der Waals surface area contributed by atoms with E-state index in [1.807, 2.05) is 0 Å². The van der Waals surface area contributed by atoms with Crippen molar-refractivity contribution in [2.75, 3.05) is 13.2 Å². The summed E-state index contributed by atoms with van der Waals surface area (Å²) in [5.41, 5.74) is 0.695. The average Bonchev–Trinajstić information content (AvgIpc) is 3.20. The number of hydrogen-bond acceptors (Lipinski definition) is 6. The van der Waals surface area contributed by atoms with Crippen molar-refractivity contribution in [2.45, 2.75) is 38.6 Å². The topological polar surface area (TPSA) is 89.8 Å². The minimum Gasteiger partial charge on any atom is -0.462 e. The van der Waals surface area contributed by atoms with E-state index in [2.05, 4.69) is 4.90 Å². The minimum absolute atomic E-state index is 0.0201. The molecule has 2 fully saturated rings. The van der Waals surface area contributed by atoms with E-state index in [1.54, 1.807) is 6.92 Å². The van der Waals surface area contributed by atoms with Gasteiger partial charge in [-0.25, -0.2) is 4.79 Å². The number of ketones is 1. The van der Waals surface area contributed by atoms with E-state index < -0.39 is 16.7 Å². The zero-order valence-corrected chi connectivity index (χ0v) is 14.1. The molecule has 25 heavy (non-hydrogen) atoms. The Morgan fingerprint density at radius 1 is 1.36 bits per heavy atom.